The lowest BCUT2D eigenvalue weighted by molar-refractivity contribution is -0.139. The maximum atomic E-state index is 13.7. The van der Waals surface area contributed by atoms with Crippen LogP contribution in [-0.2, 0) is 20.9 Å². The van der Waals surface area contributed by atoms with Gasteiger partial charge in [0.1, 0.15) is 6.04 Å². The lowest BCUT2D eigenvalue weighted by Crippen LogP contribution is -2.50. The SMILES string of the molecule is CCC[C@H](C(=O)N[C@H]1CCCCN(Cc2cccc(-c3ccccc3-n3ncnn3)c2)C1=O)[C@@H](CC(C)C)C(N)=O. The van der Waals surface area contributed by atoms with Crippen molar-refractivity contribution >= 4 is 17.7 Å². The minimum atomic E-state index is -0.626. The van der Waals surface area contributed by atoms with Crippen LogP contribution in [0, 0.1) is 17.8 Å². The fraction of sp³-hybridized carbons (Fsp3) is 0.484. The number of primary amides is 1. The molecule has 1 aliphatic heterocycles. The number of nitrogens with zero attached hydrogens (tertiary/aromatic N) is 5. The Hall–Kier alpha value is -4.08. The molecule has 3 atom stereocenters. The molecule has 218 valence electrons. The summed E-state index contributed by atoms with van der Waals surface area (Å²) in [6.45, 7) is 7.06. The number of hydrogen-bond donors (Lipinski definition) is 2. The zero-order chi connectivity index (χ0) is 29.4. The third-order valence-electron chi connectivity index (χ3n) is 7.69. The molecule has 0 saturated carbocycles. The first-order chi connectivity index (χ1) is 19.8. The van der Waals surface area contributed by atoms with Gasteiger partial charge >= 0.3 is 0 Å². The van der Waals surface area contributed by atoms with Gasteiger partial charge in [0, 0.05) is 30.5 Å². The summed E-state index contributed by atoms with van der Waals surface area (Å²) in [7, 11) is 0. The van der Waals surface area contributed by atoms with Crippen LogP contribution in [0.15, 0.2) is 54.9 Å². The molecule has 3 amide bonds. The molecule has 1 aliphatic rings. The zero-order valence-corrected chi connectivity index (χ0v) is 24.2. The second-order valence-corrected chi connectivity index (χ2v) is 11.3. The highest BCUT2D eigenvalue weighted by Crippen LogP contribution is 2.28. The van der Waals surface area contributed by atoms with Gasteiger partial charge in [-0.25, -0.2) is 0 Å². The molecule has 1 fully saturated rings. The molecular formula is C31H41N7O3. The number of hydrogen-bond acceptors (Lipinski definition) is 6. The van der Waals surface area contributed by atoms with E-state index in [1.165, 1.54) is 11.1 Å². The molecule has 0 aliphatic carbocycles. The largest absolute Gasteiger partial charge is 0.369 e. The highest BCUT2D eigenvalue weighted by molar-refractivity contribution is 5.91. The van der Waals surface area contributed by atoms with E-state index < -0.39 is 23.8 Å². The molecule has 41 heavy (non-hydrogen) atoms. The maximum absolute atomic E-state index is 13.7. The number of nitrogens with one attached hydrogen (secondary N) is 1. The molecule has 10 heteroatoms. The standard InChI is InChI=1S/C31H41N7O3/c1-4-10-25(26(29(32)39)17-21(2)3)30(40)35-27-14-7-8-16-37(31(27)41)19-22-11-9-12-23(18-22)24-13-5-6-15-28(24)38-34-20-33-36-38/h5-6,9,11-13,15,18,20-21,25-27H,4,7-8,10,14,16-17,19H2,1-3H3,(H2,32,39)(H,35,40)/t25-,26+,27-/m0/s1. The maximum Gasteiger partial charge on any atom is 0.245 e. The summed E-state index contributed by atoms with van der Waals surface area (Å²) in [5, 5.41) is 15.1. The van der Waals surface area contributed by atoms with E-state index in [0.29, 0.717) is 32.4 Å². The molecule has 0 unspecified atom stereocenters. The number of aromatic nitrogens is 4. The van der Waals surface area contributed by atoms with Gasteiger partial charge in [-0.15, -0.1) is 15.0 Å². The average Bonchev–Trinajstić information content (AvgIpc) is 3.45. The summed E-state index contributed by atoms with van der Waals surface area (Å²) in [6, 6.07) is 15.3. The monoisotopic (exact) mass is 559 g/mol. The van der Waals surface area contributed by atoms with Crippen molar-refractivity contribution in [2.75, 3.05) is 6.54 Å². The van der Waals surface area contributed by atoms with Gasteiger partial charge in [-0.1, -0.05) is 63.6 Å². The number of benzene rings is 2. The van der Waals surface area contributed by atoms with E-state index in [1.54, 1.807) is 0 Å². The lowest BCUT2D eigenvalue weighted by atomic mass is 9.81. The van der Waals surface area contributed by atoms with Gasteiger partial charge in [-0.05, 0) is 66.5 Å². The second-order valence-electron chi connectivity index (χ2n) is 11.3. The summed E-state index contributed by atoms with van der Waals surface area (Å²) < 4.78 is 0. The highest BCUT2D eigenvalue weighted by Gasteiger charge is 2.35. The normalized spacial score (nSPS) is 17.2. The van der Waals surface area contributed by atoms with Crippen molar-refractivity contribution in [3.05, 3.63) is 60.4 Å². The molecule has 10 nitrogen and oxygen atoms in total. The molecular weight excluding hydrogens is 518 g/mol. The van der Waals surface area contributed by atoms with Crippen LogP contribution >= 0.6 is 0 Å². The predicted octanol–water partition coefficient (Wildman–Crippen LogP) is 3.89. The quantitative estimate of drug-likeness (QED) is 0.346. The minimum absolute atomic E-state index is 0.0943. The van der Waals surface area contributed by atoms with E-state index in [1.807, 2.05) is 68.1 Å². The number of rotatable bonds is 12. The van der Waals surface area contributed by atoms with Gasteiger partial charge in [-0.2, -0.15) is 0 Å². The topological polar surface area (TPSA) is 136 Å². The van der Waals surface area contributed by atoms with E-state index in [0.717, 1.165) is 41.6 Å². The van der Waals surface area contributed by atoms with Gasteiger partial charge in [0.05, 0.1) is 5.69 Å². The molecule has 4 rings (SSSR count). The molecule has 2 heterocycles. The third kappa shape index (κ3) is 7.56. The summed E-state index contributed by atoms with van der Waals surface area (Å²) in [5.74, 6) is -1.67. The van der Waals surface area contributed by atoms with Gasteiger partial charge in [0.15, 0.2) is 6.33 Å². The summed E-state index contributed by atoms with van der Waals surface area (Å²) in [6.07, 6.45) is 5.50. The Morgan fingerprint density at radius 1 is 1.10 bits per heavy atom. The first-order valence-electron chi connectivity index (χ1n) is 14.6. The highest BCUT2D eigenvalue weighted by atomic mass is 16.2. The Bertz CT molecular complexity index is 1320. The fourth-order valence-corrected chi connectivity index (χ4v) is 5.71. The van der Waals surface area contributed by atoms with Gasteiger partial charge < -0.3 is 16.0 Å². The van der Waals surface area contributed by atoms with Crippen molar-refractivity contribution in [2.45, 2.75) is 71.9 Å². The molecule has 1 aromatic heterocycles. The van der Waals surface area contributed by atoms with Crippen molar-refractivity contribution in [1.82, 2.24) is 30.4 Å². The number of carbonyl (C=O) groups excluding carboxylic acids is 3. The second kappa shape index (κ2) is 14.0. The third-order valence-corrected chi connectivity index (χ3v) is 7.69. The number of carbonyl (C=O) groups is 3. The first kappa shape index (κ1) is 29.9. The van der Waals surface area contributed by atoms with Crippen molar-refractivity contribution in [3.8, 4) is 16.8 Å². The van der Waals surface area contributed by atoms with Crippen molar-refractivity contribution in [3.63, 3.8) is 0 Å². The van der Waals surface area contributed by atoms with Crippen LogP contribution in [0.5, 0.6) is 0 Å². The van der Waals surface area contributed by atoms with Gasteiger partial charge in [0.25, 0.3) is 0 Å². The van der Waals surface area contributed by atoms with Crippen molar-refractivity contribution < 1.29 is 14.4 Å². The predicted molar refractivity (Wildman–Crippen MR) is 156 cm³/mol. The summed E-state index contributed by atoms with van der Waals surface area (Å²) in [5.41, 5.74) is 9.46. The van der Waals surface area contributed by atoms with Crippen LogP contribution in [-0.4, -0.2) is 55.4 Å². The molecule has 3 aromatic rings. The molecule has 0 spiro atoms. The van der Waals surface area contributed by atoms with E-state index in [2.05, 4.69) is 26.8 Å². The molecule has 0 bridgehead atoms. The van der Waals surface area contributed by atoms with Crippen LogP contribution in [0.4, 0.5) is 0 Å². The van der Waals surface area contributed by atoms with Gasteiger partial charge in [0.2, 0.25) is 17.7 Å². The zero-order valence-electron chi connectivity index (χ0n) is 24.2. The fourth-order valence-electron chi connectivity index (χ4n) is 5.71. The minimum Gasteiger partial charge on any atom is -0.369 e. The number of likely N-dealkylation sites (tertiary alicyclic amines) is 1. The van der Waals surface area contributed by atoms with Crippen LogP contribution in [0.2, 0.25) is 0 Å². The van der Waals surface area contributed by atoms with Gasteiger partial charge in [-0.3, -0.25) is 14.4 Å². The van der Waals surface area contributed by atoms with E-state index >= 15 is 0 Å². The summed E-state index contributed by atoms with van der Waals surface area (Å²) >= 11 is 0. The first-order valence-corrected chi connectivity index (χ1v) is 14.6. The number of para-hydroxylation sites is 1. The Labute approximate surface area is 241 Å². The van der Waals surface area contributed by atoms with Crippen molar-refractivity contribution in [1.29, 1.82) is 0 Å². The number of nitrogens with two attached hydrogens (primary N) is 1. The summed E-state index contributed by atoms with van der Waals surface area (Å²) in [4.78, 5) is 42.8. The molecule has 0 radical (unpaired) electrons. The van der Waals surface area contributed by atoms with E-state index in [9.17, 15) is 14.4 Å². The van der Waals surface area contributed by atoms with Crippen LogP contribution in [0.3, 0.4) is 0 Å². The molecule has 3 N–H and O–H groups in total. The van der Waals surface area contributed by atoms with Crippen LogP contribution in [0.25, 0.3) is 16.8 Å². The number of amides is 3. The Morgan fingerprint density at radius 2 is 1.90 bits per heavy atom. The van der Waals surface area contributed by atoms with Crippen molar-refractivity contribution in [2.24, 2.45) is 23.5 Å². The Kier molecular flexibility index (Phi) is 10.2. The smallest absolute Gasteiger partial charge is 0.245 e. The lowest BCUT2D eigenvalue weighted by Gasteiger charge is -2.29. The van der Waals surface area contributed by atoms with Crippen LogP contribution in [0.1, 0.15) is 64.9 Å². The Balaban J connectivity index is 1.51. The Morgan fingerprint density at radius 3 is 2.61 bits per heavy atom. The van der Waals surface area contributed by atoms with E-state index in [4.69, 9.17) is 5.73 Å². The average molecular weight is 560 g/mol. The van der Waals surface area contributed by atoms with E-state index in [-0.39, 0.29) is 17.7 Å². The molecule has 2 aromatic carbocycles. The number of tetrazole rings is 1. The molecule has 1 saturated heterocycles. The van der Waals surface area contributed by atoms with Crippen LogP contribution < -0.4 is 11.1 Å².